The molecule has 8 heteroatoms. The maximum atomic E-state index is 12.1. The van der Waals surface area contributed by atoms with Crippen LogP contribution in [0.5, 0.6) is 5.75 Å². The number of hydrogen-bond donors (Lipinski definition) is 0. The maximum absolute atomic E-state index is 12.1. The number of methoxy groups -OCH3 is 1. The van der Waals surface area contributed by atoms with Gasteiger partial charge in [-0.25, -0.2) is 13.4 Å². The van der Waals surface area contributed by atoms with Crippen molar-refractivity contribution in [2.45, 2.75) is 11.8 Å². The van der Waals surface area contributed by atoms with E-state index in [4.69, 9.17) is 27.9 Å². The molecule has 0 N–H and O–H groups in total. The Morgan fingerprint density at radius 1 is 1.08 bits per heavy atom. The van der Waals surface area contributed by atoms with Crippen LogP contribution in [0.3, 0.4) is 0 Å². The molecule has 0 saturated carbocycles. The summed E-state index contributed by atoms with van der Waals surface area (Å²) in [4.78, 5) is 5.29. The molecular formula is C18H15Cl2NO3S2. The summed E-state index contributed by atoms with van der Waals surface area (Å²) in [5.41, 5.74) is 1.61. The van der Waals surface area contributed by atoms with E-state index in [2.05, 4.69) is 4.98 Å². The molecule has 0 amide bonds. The Bertz CT molecular complexity index is 1040. The van der Waals surface area contributed by atoms with Crippen LogP contribution in [0, 0.1) is 0 Å². The van der Waals surface area contributed by atoms with Gasteiger partial charge >= 0.3 is 0 Å². The van der Waals surface area contributed by atoms with Crippen LogP contribution < -0.4 is 4.74 Å². The summed E-state index contributed by atoms with van der Waals surface area (Å²) >= 11 is 14.0. The highest BCUT2D eigenvalue weighted by molar-refractivity contribution is 7.91. The first-order valence-corrected chi connectivity index (χ1v) is 10.9. The van der Waals surface area contributed by atoms with Crippen molar-refractivity contribution in [1.29, 1.82) is 0 Å². The summed E-state index contributed by atoms with van der Waals surface area (Å²) in [7, 11) is -1.82. The summed E-state index contributed by atoms with van der Waals surface area (Å²) in [6.45, 7) is 1.57. The van der Waals surface area contributed by atoms with Crippen LogP contribution in [0.2, 0.25) is 10.0 Å². The second kappa shape index (κ2) is 7.56. The van der Waals surface area contributed by atoms with Crippen molar-refractivity contribution in [2.24, 2.45) is 0 Å². The average Bonchev–Trinajstić information content (AvgIpc) is 3.13. The summed E-state index contributed by atoms with van der Waals surface area (Å²) in [6, 6.07) is 10.7. The molecule has 0 aliphatic heterocycles. The van der Waals surface area contributed by atoms with Gasteiger partial charge in [-0.3, -0.25) is 0 Å². The third-order valence-electron chi connectivity index (χ3n) is 3.87. The van der Waals surface area contributed by atoms with Gasteiger partial charge in [-0.2, -0.15) is 0 Å². The molecule has 2 aromatic carbocycles. The zero-order valence-corrected chi connectivity index (χ0v) is 17.1. The number of thiazole rings is 1. The summed E-state index contributed by atoms with van der Waals surface area (Å²) < 4.78 is 29.4. The fourth-order valence-corrected chi connectivity index (χ4v) is 5.19. The molecule has 0 aliphatic carbocycles. The van der Waals surface area contributed by atoms with Crippen LogP contribution in [0.4, 0.5) is 0 Å². The number of benzene rings is 2. The number of nitrogens with zero attached hydrogens (tertiary/aromatic N) is 1. The Hall–Kier alpha value is -1.60. The molecule has 0 aliphatic rings. The van der Waals surface area contributed by atoms with Crippen molar-refractivity contribution in [3.8, 4) is 26.8 Å². The van der Waals surface area contributed by atoms with Gasteiger partial charge < -0.3 is 4.74 Å². The predicted molar refractivity (Wildman–Crippen MR) is 107 cm³/mol. The highest BCUT2D eigenvalue weighted by Gasteiger charge is 2.21. The SMILES string of the molecule is CCS(=O)(=O)c1ccc(-c2cnc(-c3ccc(OC)cc3)s2)c(Cl)c1Cl. The molecule has 26 heavy (non-hydrogen) atoms. The molecule has 4 nitrogen and oxygen atoms in total. The Morgan fingerprint density at radius 3 is 2.38 bits per heavy atom. The van der Waals surface area contributed by atoms with Gasteiger partial charge in [0.05, 0.1) is 32.7 Å². The molecule has 136 valence electrons. The van der Waals surface area contributed by atoms with E-state index >= 15 is 0 Å². The van der Waals surface area contributed by atoms with Crippen LogP contribution in [-0.4, -0.2) is 26.3 Å². The first-order chi connectivity index (χ1) is 12.4. The lowest BCUT2D eigenvalue weighted by Crippen LogP contribution is -2.04. The zero-order chi connectivity index (χ0) is 18.9. The summed E-state index contributed by atoms with van der Waals surface area (Å²) in [5, 5.41) is 1.08. The molecule has 1 heterocycles. The van der Waals surface area contributed by atoms with Gasteiger partial charge in [-0.05, 0) is 30.3 Å². The van der Waals surface area contributed by atoms with Gasteiger partial charge in [-0.1, -0.05) is 36.2 Å². The third-order valence-corrected chi connectivity index (χ3v) is 7.71. The molecule has 1 aromatic heterocycles. The number of hydrogen-bond acceptors (Lipinski definition) is 5. The highest BCUT2D eigenvalue weighted by Crippen LogP contribution is 2.41. The Kier molecular flexibility index (Phi) is 5.58. The molecule has 0 atom stereocenters. The average molecular weight is 428 g/mol. The van der Waals surface area contributed by atoms with E-state index in [-0.39, 0.29) is 20.7 Å². The number of rotatable bonds is 5. The minimum absolute atomic E-state index is 0.0371. The van der Waals surface area contributed by atoms with Crippen LogP contribution in [0.15, 0.2) is 47.5 Å². The fraction of sp³-hybridized carbons (Fsp3) is 0.167. The molecule has 0 radical (unpaired) electrons. The summed E-state index contributed by atoms with van der Waals surface area (Å²) in [5.74, 6) is 0.734. The van der Waals surface area contributed by atoms with Crippen molar-refractivity contribution in [3.05, 3.63) is 52.6 Å². The molecule has 0 unspecified atom stereocenters. The highest BCUT2D eigenvalue weighted by atomic mass is 35.5. The quantitative estimate of drug-likeness (QED) is 0.532. The Morgan fingerprint density at radius 2 is 1.77 bits per heavy atom. The van der Waals surface area contributed by atoms with Crippen LogP contribution >= 0.6 is 34.5 Å². The van der Waals surface area contributed by atoms with E-state index in [9.17, 15) is 8.42 Å². The molecule has 3 aromatic rings. The smallest absolute Gasteiger partial charge is 0.179 e. The van der Waals surface area contributed by atoms with Crippen molar-refractivity contribution in [2.75, 3.05) is 12.9 Å². The van der Waals surface area contributed by atoms with Crippen molar-refractivity contribution in [3.63, 3.8) is 0 Å². The van der Waals surface area contributed by atoms with E-state index in [1.165, 1.54) is 17.4 Å². The molecule has 0 saturated heterocycles. The second-order valence-corrected chi connectivity index (χ2v) is 9.43. The monoisotopic (exact) mass is 427 g/mol. The predicted octanol–water partition coefficient (Wildman–Crippen LogP) is 5.59. The van der Waals surface area contributed by atoms with Crippen LogP contribution in [-0.2, 0) is 9.84 Å². The van der Waals surface area contributed by atoms with Gasteiger partial charge in [0.2, 0.25) is 0 Å². The number of halogens is 2. The molecular weight excluding hydrogens is 413 g/mol. The second-order valence-electron chi connectivity index (χ2n) is 5.40. The van der Waals surface area contributed by atoms with E-state index in [0.717, 1.165) is 21.2 Å². The number of aromatic nitrogens is 1. The van der Waals surface area contributed by atoms with E-state index in [0.29, 0.717) is 5.56 Å². The van der Waals surface area contributed by atoms with Crippen LogP contribution in [0.1, 0.15) is 6.92 Å². The van der Waals surface area contributed by atoms with E-state index < -0.39 is 9.84 Å². The van der Waals surface area contributed by atoms with Crippen molar-refractivity contribution >= 4 is 44.4 Å². The lowest BCUT2D eigenvalue weighted by Gasteiger charge is -2.09. The van der Waals surface area contributed by atoms with Gasteiger partial charge in [0.25, 0.3) is 0 Å². The Balaban J connectivity index is 2.00. The zero-order valence-electron chi connectivity index (χ0n) is 14.0. The molecule has 0 spiro atoms. The summed E-state index contributed by atoms with van der Waals surface area (Å²) in [6.07, 6.45) is 1.70. The lowest BCUT2D eigenvalue weighted by atomic mass is 10.2. The minimum atomic E-state index is -3.44. The van der Waals surface area contributed by atoms with Crippen molar-refractivity contribution < 1.29 is 13.2 Å². The molecule has 0 fully saturated rings. The lowest BCUT2D eigenvalue weighted by molar-refractivity contribution is 0.415. The van der Waals surface area contributed by atoms with Gasteiger partial charge in [0.1, 0.15) is 10.8 Å². The largest absolute Gasteiger partial charge is 0.497 e. The van der Waals surface area contributed by atoms with Crippen LogP contribution in [0.25, 0.3) is 21.0 Å². The normalized spacial score (nSPS) is 11.5. The first kappa shape index (κ1) is 19.2. The molecule has 3 rings (SSSR count). The topological polar surface area (TPSA) is 56.3 Å². The van der Waals surface area contributed by atoms with E-state index in [1.807, 2.05) is 24.3 Å². The van der Waals surface area contributed by atoms with Gasteiger partial charge in [0.15, 0.2) is 9.84 Å². The van der Waals surface area contributed by atoms with Gasteiger partial charge in [0, 0.05) is 17.3 Å². The van der Waals surface area contributed by atoms with Gasteiger partial charge in [-0.15, -0.1) is 11.3 Å². The Labute approximate surface area is 166 Å². The standard InChI is InChI=1S/C18H15Cl2NO3S2/c1-3-26(22,23)15-9-8-13(16(19)17(15)20)14-10-21-18(25-14)11-4-6-12(24-2)7-5-11/h4-10H,3H2,1-2H3. The minimum Gasteiger partial charge on any atom is -0.497 e. The van der Waals surface area contributed by atoms with E-state index in [1.54, 1.807) is 26.3 Å². The first-order valence-electron chi connectivity index (χ1n) is 7.68. The number of sulfone groups is 1. The number of ether oxygens (including phenoxy) is 1. The third kappa shape index (κ3) is 3.60. The fourth-order valence-electron chi connectivity index (χ4n) is 2.38. The maximum Gasteiger partial charge on any atom is 0.179 e. The van der Waals surface area contributed by atoms with Crippen molar-refractivity contribution in [1.82, 2.24) is 4.98 Å². The molecule has 0 bridgehead atoms.